The molecule has 0 aliphatic heterocycles. The van der Waals surface area contributed by atoms with Crippen molar-refractivity contribution in [2.24, 2.45) is 5.92 Å². The SMILES string of the molecule is COc1cc(OC)c([C@@H](C2CCCC2)N([O])C(C)(C)C)c(OC)c1. The van der Waals surface area contributed by atoms with Crippen LogP contribution in [0.3, 0.4) is 0 Å². The monoisotopic (exact) mass is 336 g/mol. The minimum atomic E-state index is -0.497. The number of hydrogen-bond donors (Lipinski definition) is 0. The first-order valence-corrected chi connectivity index (χ1v) is 8.59. The summed E-state index contributed by atoms with van der Waals surface area (Å²) in [7, 11) is 4.85. The lowest BCUT2D eigenvalue weighted by Crippen LogP contribution is -2.43. The lowest BCUT2D eigenvalue weighted by atomic mass is 9.87. The highest BCUT2D eigenvalue weighted by atomic mass is 16.5. The van der Waals surface area contributed by atoms with Crippen LogP contribution in [0.1, 0.15) is 58.1 Å². The maximum absolute atomic E-state index is 13.2. The van der Waals surface area contributed by atoms with Gasteiger partial charge >= 0.3 is 0 Å². The summed E-state index contributed by atoms with van der Waals surface area (Å²) in [5, 5.41) is 14.4. The molecule has 1 radical (unpaired) electrons. The van der Waals surface area contributed by atoms with Gasteiger partial charge in [0.25, 0.3) is 0 Å². The summed E-state index contributed by atoms with van der Waals surface area (Å²) in [5.41, 5.74) is 0.334. The van der Waals surface area contributed by atoms with E-state index in [-0.39, 0.29) is 6.04 Å². The molecule has 0 saturated heterocycles. The number of benzene rings is 1. The zero-order chi connectivity index (χ0) is 17.9. The number of ether oxygens (including phenoxy) is 3. The molecule has 2 rings (SSSR count). The van der Waals surface area contributed by atoms with Crippen molar-refractivity contribution >= 4 is 0 Å². The molecule has 0 amide bonds. The first-order chi connectivity index (χ1) is 11.3. The van der Waals surface area contributed by atoms with Gasteiger partial charge in [0.2, 0.25) is 0 Å². The molecule has 0 unspecified atom stereocenters. The Morgan fingerprint density at radius 3 is 1.88 bits per heavy atom. The van der Waals surface area contributed by atoms with Crippen molar-refractivity contribution in [3.8, 4) is 17.2 Å². The third-order valence-corrected chi connectivity index (χ3v) is 4.81. The van der Waals surface area contributed by atoms with E-state index in [2.05, 4.69) is 0 Å². The molecule has 0 heterocycles. The lowest BCUT2D eigenvalue weighted by Gasteiger charge is -2.38. The number of hydrogen-bond acceptors (Lipinski definition) is 4. The molecule has 0 spiro atoms. The quantitative estimate of drug-likeness (QED) is 0.723. The molecule has 5 nitrogen and oxygen atoms in total. The van der Waals surface area contributed by atoms with Crippen LogP contribution in [-0.2, 0) is 5.21 Å². The number of hydroxylamine groups is 2. The minimum Gasteiger partial charge on any atom is -0.496 e. The molecule has 5 heteroatoms. The Morgan fingerprint density at radius 1 is 1.00 bits per heavy atom. The third kappa shape index (κ3) is 3.78. The van der Waals surface area contributed by atoms with Gasteiger partial charge in [0.1, 0.15) is 17.2 Å². The second-order valence-electron chi connectivity index (χ2n) is 7.43. The van der Waals surface area contributed by atoms with Gasteiger partial charge in [-0.15, -0.1) is 10.3 Å². The molecular formula is C19H30NO4. The van der Waals surface area contributed by atoms with Gasteiger partial charge in [0, 0.05) is 17.7 Å². The molecule has 1 fully saturated rings. The second kappa shape index (κ2) is 7.62. The molecule has 135 valence electrons. The van der Waals surface area contributed by atoms with E-state index >= 15 is 0 Å². The molecule has 1 aromatic rings. The van der Waals surface area contributed by atoms with Gasteiger partial charge in [-0.25, -0.2) is 0 Å². The largest absolute Gasteiger partial charge is 0.496 e. The van der Waals surface area contributed by atoms with Crippen LogP contribution in [0, 0.1) is 5.92 Å². The van der Waals surface area contributed by atoms with Crippen LogP contribution in [0.2, 0.25) is 0 Å². The van der Waals surface area contributed by atoms with Crippen molar-refractivity contribution in [1.29, 1.82) is 0 Å². The van der Waals surface area contributed by atoms with Crippen molar-refractivity contribution < 1.29 is 19.4 Å². The van der Waals surface area contributed by atoms with E-state index in [1.807, 2.05) is 32.9 Å². The van der Waals surface area contributed by atoms with Crippen LogP contribution in [-0.4, -0.2) is 31.9 Å². The average molecular weight is 336 g/mol. The minimum absolute atomic E-state index is 0.289. The summed E-state index contributed by atoms with van der Waals surface area (Å²) in [5.74, 6) is 2.25. The Bertz CT molecular complexity index is 522. The molecule has 1 aliphatic rings. The van der Waals surface area contributed by atoms with E-state index in [9.17, 15) is 5.21 Å². The Labute approximate surface area is 145 Å². The van der Waals surface area contributed by atoms with Crippen LogP contribution in [0.25, 0.3) is 0 Å². The summed E-state index contributed by atoms with van der Waals surface area (Å²) < 4.78 is 16.6. The summed E-state index contributed by atoms with van der Waals surface area (Å²) in [6.45, 7) is 5.85. The van der Waals surface area contributed by atoms with Crippen molar-refractivity contribution in [3.63, 3.8) is 0 Å². The normalized spacial score (nSPS) is 17.2. The highest BCUT2D eigenvalue weighted by Gasteiger charge is 2.40. The third-order valence-electron chi connectivity index (χ3n) is 4.81. The zero-order valence-electron chi connectivity index (χ0n) is 15.7. The molecule has 0 aromatic heterocycles. The van der Waals surface area contributed by atoms with E-state index in [1.165, 1.54) is 17.9 Å². The molecule has 1 saturated carbocycles. The fourth-order valence-electron chi connectivity index (χ4n) is 3.56. The maximum atomic E-state index is 13.2. The fourth-order valence-corrected chi connectivity index (χ4v) is 3.56. The first kappa shape index (κ1) is 18.9. The molecule has 0 bridgehead atoms. The fraction of sp³-hybridized carbons (Fsp3) is 0.684. The Kier molecular flexibility index (Phi) is 5.99. The maximum Gasteiger partial charge on any atom is 0.131 e. The number of rotatable bonds is 6. The van der Waals surface area contributed by atoms with Gasteiger partial charge < -0.3 is 14.2 Å². The summed E-state index contributed by atoms with van der Waals surface area (Å²) in [6, 6.07) is 3.37. The van der Waals surface area contributed by atoms with E-state index in [4.69, 9.17) is 14.2 Å². The molecule has 1 atom stereocenters. The van der Waals surface area contributed by atoms with Crippen LogP contribution < -0.4 is 14.2 Å². The average Bonchev–Trinajstić information content (AvgIpc) is 3.08. The lowest BCUT2D eigenvalue weighted by molar-refractivity contribution is -0.252. The highest BCUT2D eigenvalue weighted by Crippen LogP contribution is 2.48. The van der Waals surface area contributed by atoms with Gasteiger partial charge in [0.05, 0.1) is 32.9 Å². The summed E-state index contributed by atoms with van der Waals surface area (Å²) in [6.07, 6.45) is 4.44. The van der Waals surface area contributed by atoms with E-state index in [1.54, 1.807) is 21.3 Å². The molecule has 1 aromatic carbocycles. The molecule has 24 heavy (non-hydrogen) atoms. The van der Waals surface area contributed by atoms with Gasteiger partial charge in [0.15, 0.2) is 0 Å². The van der Waals surface area contributed by atoms with Gasteiger partial charge in [-0.05, 0) is 39.5 Å². The van der Waals surface area contributed by atoms with Crippen LogP contribution in [0.15, 0.2) is 12.1 Å². The van der Waals surface area contributed by atoms with Crippen LogP contribution >= 0.6 is 0 Å². The predicted octanol–water partition coefficient (Wildman–Crippen LogP) is 4.39. The van der Waals surface area contributed by atoms with Gasteiger partial charge in [-0.2, -0.15) is 0 Å². The molecule has 0 N–H and O–H groups in total. The van der Waals surface area contributed by atoms with Crippen molar-refractivity contribution in [1.82, 2.24) is 5.06 Å². The van der Waals surface area contributed by atoms with Crippen molar-refractivity contribution in [2.75, 3.05) is 21.3 Å². The van der Waals surface area contributed by atoms with Crippen LogP contribution in [0.4, 0.5) is 0 Å². The zero-order valence-corrected chi connectivity index (χ0v) is 15.7. The van der Waals surface area contributed by atoms with E-state index in [0.717, 1.165) is 18.4 Å². The Hall–Kier alpha value is -1.46. The number of nitrogens with zero attached hydrogens (tertiary/aromatic N) is 1. The summed E-state index contributed by atoms with van der Waals surface area (Å²) >= 11 is 0. The molecule has 1 aliphatic carbocycles. The molecular weight excluding hydrogens is 306 g/mol. The highest BCUT2D eigenvalue weighted by molar-refractivity contribution is 5.52. The van der Waals surface area contributed by atoms with E-state index in [0.29, 0.717) is 23.2 Å². The van der Waals surface area contributed by atoms with Crippen LogP contribution in [0.5, 0.6) is 17.2 Å². The topological polar surface area (TPSA) is 50.8 Å². The van der Waals surface area contributed by atoms with Gasteiger partial charge in [-0.3, -0.25) is 0 Å². The van der Waals surface area contributed by atoms with Crippen molar-refractivity contribution in [3.05, 3.63) is 17.7 Å². The second-order valence-corrected chi connectivity index (χ2v) is 7.43. The van der Waals surface area contributed by atoms with Gasteiger partial charge in [-0.1, -0.05) is 12.8 Å². The standard InChI is InChI=1S/C19H30NO4/c1-19(2,3)20(21)18(13-9-7-8-10-13)17-15(23-5)11-14(22-4)12-16(17)24-6/h11-13,18H,7-10H2,1-6H3/t18-/m1/s1. The van der Waals surface area contributed by atoms with E-state index < -0.39 is 5.54 Å². The smallest absolute Gasteiger partial charge is 0.131 e. The van der Waals surface area contributed by atoms with Crippen molar-refractivity contribution in [2.45, 2.75) is 58.0 Å². The Morgan fingerprint density at radius 2 is 1.50 bits per heavy atom. The first-order valence-electron chi connectivity index (χ1n) is 8.59. The summed E-state index contributed by atoms with van der Waals surface area (Å²) in [4.78, 5) is 0. The Balaban J connectivity index is 2.60. The predicted molar refractivity (Wildman–Crippen MR) is 93.1 cm³/mol. The number of methoxy groups -OCH3 is 3.